The first-order valence-electron chi connectivity index (χ1n) is 10.8. The summed E-state index contributed by atoms with van der Waals surface area (Å²) in [6.07, 6.45) is 25.9. The second kappa shape index (κ2) is 34.8. The van der Waals surface area contributed by atoms with Crippen LogP contribution in [0, 0.1) is 0 Å². The number of unbranched alkanes of at least 4 members (excludes halogenated alkanes) is 16. The van der Waals surface area contributed by atoms with E-state index in [1.165, 1.54) is 116 Å². The van der Waals surface area contributed by atoms with Crippen LogP contribution in [0.1, 0.15) is 143 Å². The van der Waals surface area contributed by atoms with Gasteiger partial charge in [-0.3, -0.25) is 0 Å². The Morgan fingerprint density at radius 1 is 0.250 bits per heavy atom. The van der Waals surface area contributed by atoms with Crippen molar-refractivity contribution in [2.75, 3.05) is 0 Å². The Morgan fingerprint density at radius 2 is 0.375 bits per heavy atom. The second-order valence-corrected chi connectivity index (χ2v) is 6.95. The molecule has 0 aliphatic heterocycles. The molecule has 0 saturated heterocycles. The summed E-state index contributed by atoms with van der Waals surface area (Å²) in [5, 5.41) is 0. The Kier molecular flexibility index (Phi) is 46.8. The third kappa shape index (κ3) is 38.3. The van der Waals surface area contributed by atoms with E-state index in [0.717, 1.165) is 0 Å². The Hall–Kier alpha value is 0.580. The maximum absolute atomic E-state index is 2.27. The minimum absolute atomic E-state index is 0. The molecule has 152 valence electrons. The van der Waals surface area contributed by atoms with Gasteiger partial charge in [0.15, 0.2) is 0 Å². The fourth-order valence-corrected chi connectivity index (χ4v) is 2.77. The van der Waals surface area contributed by atoms with Gasteiger partial charge in [-0.1, -0.05) is 143 Å². The van der Waals surface area contributed by atoms with Crippen molar-refractivity contribution in [2.45, 2.75) is 143 Å². The lowest BCUT2D eigenvalue weighted by molar-refractivity contribution is 0.572. The fourth-order valence-electron chi connectivity index (χ4n) is 2.77. The van der Waals surface area contributed by atoms with E-state index in [0.29, 0.717) is 0 Å². The molecule has 0 radical (unpaired) electrons. The first-order valence-corrected chi connectivity index (χ1v) is 10.8. The Morgan fingerprint density at radius 3 is 0.500 bits per heavy atom. The lowest BCUT2D eigenvalue weighted by Crippen LogP contribution is -1.79. The van der Waals surface area contributed by atoms with Crippen LogP contribution < -0.4 is 0 Å². The van der Waals surface area contributed by atoms with Crippen molar-refractivity contribution in [3.8, 4) is 0 Å². The topological polar surface area (TPSA) is 0 Å². The van der Waals surface area contributed by atoms with E-state index in [1.54, 1.807) is 0 Å². The summed E-state index contributed by atoms with van der Waals surface area (Å²) in [6.45, 7) is 9.10. The SMILES string of the molecule is CCCCCCCCCCC.CCCCCCCCCCC.Cl.Cl. The number of hydrogen-bond donors (Lipinski definition) is 0. The molecule has 0 fully saturated rings. The largest absolute Gasteiger partial charge is 0.147 e. The molecule has 0 heterocycles. The van der Waals surface area contributed by atoms with E-state index < -0.39 is 0 Å². The maximum atomic E-state index is 2.27. The predicted molar refractivity (Wildman–Crippen MR) is 120 cm³/mol. The van der Waals surface area contributed by atoms with Gasteiger partial charge in [-0.15, -0.1) is 24.8 Å². The quantitative estimate of drug-likeness (QED) is 0.232. The molecule has 24 heavy (non-hydrogen) atoms. The summed E-state index contributed by atoms with van der Waals surface area (Å²) in [7, 11) is 0. The number of hydrogen-bond acceptors (Lipinski definition) is 0. The lowest BCUT2D eigenvalue weighted by atomic mass is 10.1. The molecule has 0 aromatic heterocycles. The average Bonchev–Trinajstić information content (AvgIpc) is 2.54. The van der Waals surface area contributed by atoms with Gasteiger partial charge in [0, 0.05) is 0 Å². The third-order valence-electron chi connectivity index (χ3n) is 4.41. The molecule has 0 aromatic rings. The predicted octanol–water partition coefficient (Wildman–Crippen LogP) is 9.92. The average molecular weight is 386 g/mol. The molecule has 0 spiro atoms. The smallest absolute Gasteiger partial charge is 0.0533 e. The molecule has 0 aliphatic carbocycles. The van der Waals surface area contributed by atoms with E-state index >= 15 is 0 Å². The summed E-state index contributed by atoms with van der Waals surface area (Å²) in [5.41, 5.74) is 0. The first-order chi connectivity index (χ1) is 10.8. The minimum Gasteiger partial charge on any atom is -0.147 e. The molecule has 0 nitrogen and oxygen atoms in total. The highest BCUT2D eigenvalue weighted by atomic mass is 35.5. The molecule has 0 N–H and O–H groups in total. The molecule has 2 heteroatoms. The van der Waals surface area contributed by atoms with Crippen molar-refractivity contribution in [3.63, 3.8) is 0 Å². The summed E-state index contributed by atoms with van der Waals surface area (Å²) in [6, 6.07) is 0. The van der Waals surface area contributed by atoms with Gasteiger partial charge in [0.25, 0.3) is 0 Å². The van der Waals surface area contributed by atoms with Crippen LogP contribution in [-0.4, -0.2) is 0 Å². The molecular weight excluding hydrogens is 335 g/mol. The van der Waals surface area contributed by atoms with Crippen molar-refractivity contribution >= 4 is 24.8 Å². The summed E-state index contributed by atoms with van der Waals surface area (Å²) >= 11 is 0. The highest BCUT2D eigenvalue weighted by molar-refractivity contribution is 5.85. The van der Waals surface area contributed by atoms with Crippen LogP contribution in [0.4, 0.5) is 0 Å². The van der Waals surface area contributed by atoms with Crippen LogP contribution in [0.25, 0.3) is 0 Å². The fraction of sp³-hybridized carbons (Fsp3) is 1.00. The monoisotopic (exact) mass is 384 g/mol. The van der Waals surface area contributed by atoms with E-state index in [2.05, 4.69) is 27.7 Å². The second-order valence-electron chi connectivity index (χ2n) is 6.95. The van der Waals surface area contributed by atoms with Crippen LogP contribution in [0.5, 0.6) is 0 Å². The molecule has 0 atom stereocenters. The summed E-state index contributed by atoms with van der Waals surface area (Å²) in [4.78, 5) is 0. The van der Waals surface area contributed by atoms with Gasteiger partial charge < -0.3 is 0 Å². The summed E-state index contributed by atoms with van der Waals surface area (Å²) in [5.74, 6) is 0. The van der Waals surface area contributed by atoms with Crippen LogP contribution >= 0.6 is 24.8 Å². The molecule has 0 unspecified atom stereocenters. The molecule has 0 amide bonds. The minimum atomic E-state index is 0. The normalized spacial score (nSPS) is 9.50. The standard InChI is InChI=1S/2C11H24.2ClH/c2*1-3-5-7-9-11-10-8-6-4-2;;/h2*3-11H2,1-2H3;2*1H. The molecule has 0 aliphatic rings. The number of rotatable bonds is 16. The van der Waals surface area contributed by atoms with Crippen molar-refractivity contribution in [3.05, 3.63) is 0 Å². The van der Waals surface area contributed by atoms with Crippen LogP contribution in [0.3, 0.4) is 0 Å². The lowest BCUT2D eigenvalue weighted by Gasteiger charge is -1.98. The van der Waals surface area contributed by atoms with Crippen LogP contribution in [0.15, 0.2) is 0 Å². The van der Waals surface area contributed by atoms with Gasteiger partial charge in [0.2, 0.25) is 0 Å². The Bertz CT molecular complexity index is 126. The van der Waals surface area contributed by atoms with Crippen molar-refractivity contribution in [1.29, 1.82) is 0 Å². The van der Waals surface area contributed by atoms with Gasteiger partial charge in [-0.2, -0.15) is 0 Å². The maximum Gasteiger partial charge on any atom is -0.0533 e. The van der Waals surface area contributed by atoms with Crippen molar-refractivity contribution in [2.24, 2.45) is 0 Å². The van der Waals surface area contributed by atoms with Crippen LogP contribution in [-0.2, 0) is 0 Å². The summed E-state index contributed by atoms with van der Waals surface area (Å²) < 4.78 is 0. The zero-order valence-electron chi connectivity index (χ0n) is 17.5. The van der Waals surface area contributed by atoms with Gasteiger partial charge in [0.05, 0.1) is 0 Å². The Balaban J connectivity index is -0.000000154. The van der Waals surface area contributed by atoms with E-state index in [9.17, 15) is 0 Å². The van der Waals surface area contributed by atoms with Gasteiger partial charge >= 0.3 is 0 Å². The van der Waals surface area contributed by atoms with Crippen LogP contribution in [0.2, 0.25) is 0 Å². The van der Waals surface area contributed by atoms with E-state index in [4.69, 9.17) is 0 Å². The van der Waals surface area contributed by atoms with Gasteiger partial charge in [0.1, 0.15) is 0 Å². The zero-order valence-corrected chi connectivity index (χ0v) is 19.2. The van der Waals surface area contributed by atoms with E-state index in [-0.39, 0.29) is 24.8 Å². The van der Waals surface area contributed by atoms with Crippen molar-refractivity contribution in [1.82, 2.24) is 0 Å². The highest BCUT2D eigenvalue weighted by Gasteiger charge is 1.89. The first kappa shape index (κ1) is 32.3. The molecular formula is C22H50Cl2. The molecule has 0 saturated carbocycles. The van der Waals surface area contributed by atoms with Crippen molar-refractivity contribution < 1.29 is 0 Å². The highest BCUT2D eigenvalue weighted by Crippen LogP contribution is 2.09. The Labute approximate surface area is 168 Å². The molecule has 0 aromatic carbocycles. The molecule has 0 bridgehead atoms. The zero-order chi connectivity index (χ0) is 16.7. The number of halogens is 2. The van der Waals surface area contributed by atoms with Gasteiger partial charge in [-0.25, -0.2) is 0 Å². The third-order valence-corrected chi connectivity index (χ3v) is 4.41. The molecule has 0 rings (SSSR count). The van der Waals surface area contributed by atoms with E-state index in [1.807, 2.05) is 0 Å². The van der Waals surface area contributed by atoms with Gasteiger partial charge in [-0.05, 0) is 0 Å².